The van der Waals surface area contributed by atoms with Gasteiger partial charge < -0.3 is 10.2 Å². The van der Waals surface area contributed by atoms with Crippen molar-refractivity contribution in [1.29, 1.82) is 0 Å². The molecule has 24 heavy (non-hydrogen) atoms. The molecular formula is C17H22Cl2N4O. The normalized spacial score (nSPS) is 20.6. The van der Waals surface area contributed by atoms with E-state index in [2.05, 4.69) is 24.3 Å². The number of carbonyl (C=O) groups is 1. The molecule has 0 radical (unpaired) electrons. The van der Waals surface area contributed by atoms with E-state index in [0.29, 0.717) is 17.1 Å². The minimum Gasteiger partial charge on any atom is -0.333 e. The zero-order valence-corrected chi connectivity index (χ0v) is 15.6. The van der Waals surface area contributed by atoms with Gasteiger partial charge in [0.15, 0.2) is 0 Å². The number of amides is 1. The van der Waals surface area contributed by atoms with Crippen LogP contribution >= 0.6 is 24.0 Å². The molecule has 1 fully saturated rings. The summed E-state index contributed by atoms with van der Waals surface area (Å²) in [6, 6.07) is 7.93. The third-order valence-corrected chi connectivity index (χ3v) is 4.94. The first-order chi connectivity index (χ1) is 11.0. The lowest BCUT2D eigenvalue weighted by Crippen LogP contribution is -2.57. The van der Waals surface area contributed by atoms with E-state index in [1.807, 2.05) is 36.1 Å². The molecule has 1 saturated heterocycles. The van der Waals surface area contributed by atoms with Crippen LogP contribution in [0.5, 0.6) is 0 Å². The van der Waals surface area contributed by atoms with Crippen LogP contribution in [-0.2, 0) is 0 Å². The zero-order chi connectivity index (χ0) is 16.6. The molecule has 2 aromatic rings. The minimum absolute atomic E-state index is 0. The molecule has 7 heteroatoms. The van der Waals surface area contributed by atoms with Gasteiger partial charge in [0.05, 0.1) is 28.2 Å². The van der Waals surface area contributed by atoms with Gasteiger partial charge in [-0.25, -0.2) is 4.68 Å². The first kappa shape index (κ1) is 18.8. The van der Waals surface area contributed by atoms with Crippen LogP contribution in [0.3, 0.4) is 0 Å². The summed E-state index contributed by atoms with van der Waals surface area (Å²) in [5.41, 5.74) is 2.22. The van der Waals surface area contributed by atoms with Gasteiger partial charge in [0.1, 0.15) is 0 Å². The second-order valence-corrected chi connectivity index (χ2v) is 6.40. The highest BCUT2D eigenvalue weighted by atomic mass is 35.5. The molecule has 0 spiro atoms. The van der Waals surface area contributed by atoms with Gasteiger partial charge >= 0.3 is 0 Å². The number of halogens is 2. The van der Waals surface area contributed by atoms with Gasteiger partial charge in [-0.15, -0.1) is 12.4 Å². The molecule has 1 aromatic heterocycles. The molecule has 0 saturated carbocycles. The molecule has 1 aliphatic rings. The number of nitrogens with one attached hydrogen (secondary N) is 1. The number of nitrogens with zero attached hydrogens (tertiary/aromatic N) is 3. The van der Waals surface area contributed by atoms with Gasteiger partial charge in [-0.3, -0.25) is 4.79 Å². The summed E-state index contributed by atoms with van der Waals surface area (Å²) in [4.78, 5) is 14.8. The van der Waals surface area contributed by atoms with Crippen LogP contribution in [0.25, 0.3) is 5.69 Å². The Morgan fingerprint density at radius 3 is 2.75 bits per heavy atom. The molecule has 0 bridgehead atoms. The van der Waals surface area contributed by atoms with Crippen molar-refractivity contribution in [2.75, 3.05) is 13.1 Å². The molecule has 0 aliphatic carbocycles. The summed E-state index contributed by atoms with van der Waals surface area (Å²) in [6.07, 6.45) is 1.64. The Kier molecular flexibility index (Phi) is 5.91. The van der Waals surface area contributed by atoms with Crippen LogP contribution in [0, 0.1) is 6.92 Å². The Morgan fingerprint density at radius 1 is 1.33 bits per heavy atom. The number of piperazine rings is 1. The fourth-order valence-corrected chi connectivity index (χ4v) is 3.20. The Hall–Kier alpha value is -1.56. The van der Waals surface area contributed by atoms with Crippen LogP contribution in [0.2, 0.25) is 5.02 Å². The first-order valence-electron chi connectivity index (χ1n) is 7.84. The quantitative estimate of drug-likeness (QED) is 0.885. The average molecular weight is 369 g/mol. The molecule has 2 unspecified atom stereocenters. The third kappa shape index (κ3) is 3.29. The molecule has 1 N–H and O–H groups in total. The van der Waals surface area contributed by atoms with E-state index >= 15 is 0 Å². The second kappa shape index (κ2) is 7.55. The van der Waals surface area contributed by atoms with Gasteiger partial charge in [-0.2, -0.15) is 5.10 Å². The van der Waals surface area contributed by atoms with Crippen molar-refractivity contribution in [2.24, 2.45) is 0 Å². The predicted octanol–water partition coefficient (Wildman–Crippen LogP) is 3.08. The molecule has 1 amide bonds. The van der Waals surface area contributed by atoms with Crippen molar-refractivity contribution in [1.82, 2.24) is 20.0 Å². The van der Waals surface area contributed by atoms with E-state index in [9.17, 15) is 4.79 Å². The SMILES string of the molecule is Cc1c(C(=O)N2CCNC(C)C2C)cnn1-c1ccccc1Cl.Cl. The maximum absolute atomic E-state index is 12.9. The lowest BCUT2D eigenvalue weighted by atomic mass is 10.1. The number of benzene rings is 1. The molecule has 2 atom stereocenters. The number of hydrogen-bond acceptors (Lipinski definition) is 3. The van der Waals surface area contributed by atoms with Gasteiger partial charge in [-0.1, -0.05) is 23.7 Å². The summed E-state index contributed by atoms with van der Waals surface area (Å²) in [5.74, 6) is 0.0293. The van der Waals surface area contributed by atoms with E-state index in [1.165, 1.54) is 0 Å². The van der Waals surface area contributed by atoms with Crippen LogP contribution in [0.15, 0.2) is 30.5 Å². The molecule has 3 rings (SSSR count). The summed E-state index contributed by atoms with van der Waals surface area (Å²) < 4.78 is 1.73. The third-order valence-electron chi connectivity index (χ3n) is 4.62. The minimum atomic E-state index is 0. The van der Waals surface area contributed by atoms with Crippen LogP contribution < -0.4 is 5.32 Å². The summed E-state index contributed by atoms with van der Waals surface area (Å²) >= 11 is 6.25. The van der Waals surface area contributed by atoms with E-state index < -0.39 is 0 Å². The van der Waals surface area contributed by atoms with Gasteiger partial charge in [0, 0.05) is 25.2 Å². The van der Waals surface area contributed by atoms with Crippen molar-refractivity contribution in [3.8, 4) is 5.69 Å². The van der Waals surface area contributed by atoms with Crippen molar-refractivity contribution >= 4 is 29.9 Å². The average Bonchev–Trinajstić information content (AvgIpc) is 2.91. The smallest absolute Gasteiger partial charge is 0.257 e. The molecular weight excluding hydrogens is 347 g/mol. The lowest BCUT2D eigenvalue weighted by molar-refractivity contribution is 0.0602. The monoisotopic (exact) mass is 368 g/mol. The van der Waals surface area contributed by atoms with Crippen LogP contribution in [-0.4, -0.2) is 45.8 Å². The first-order valence-corrected chi connectivity index (χ1v) is 8.22. The molecule has 1 aromatic carbocycles. The fraction of sp³-hybridized carbons (Fsp3) is 0.412. The standard InChI is InChI=1S/C17H21ClN4O.ClH/c1-11-12(2)21(9-8-19-11)17(23)14-10-20-22(13(14)3)16-7-5-4-6-15(16)18;/h4-7,10-12,19H,8-9H2,1-3H3;1H. The number of rotatable bonds is 2. The van der Waals surface area contributed by atoms with Crippen molar-refractivity contribution in [3.05, 3.63) is 46.7 Å². The van der Waals surface area contributed by atoms with Crippen LogP contribution in [0.1, 0.15) is 29.9 Å². The number of para-hydroxylation sites is 1. The maximum Gasteiger partial charge on any atom is 0.257 e. The van der Waals surface area contributed by atoms with Crippen molar-refractivity contribution in [3.63, 3.8) is 0 Å². The largest absolute Gasteiger partial charge is 0.333 e. The molecule has 130 valence electrons. The highest BCUT2D eigenvalue weighted by Crippen LogP contribution is 2.23. The Labute approximate surface area is 153 Å². The van der Waals surface area contributed by atoms with Gasteiger partial charge in [0.2, 0.25) is 0 Å². The number of hydrogen-bond donors (Lipinski definition) is 1. The van der Waals surface area contributed by atoms with E-state index in [1.54, 1.807) is 10.9 Å². The predicted molar refractivity (Wildman–Crippen MR) is 98.5 cm³/mol. The summed E-state index contributed by atoms with van der Waals surface area (Å²) in [6.45, 7) is 7.60. The Balaban J connectivity index is 0.00000208. The maximum atomic E-state index is 12.9. The van der Waals surface area contributed by atoms with E-state index in [4.69, 9.17) is 11.6 Å². The molecule has 1 aliphatic heterocycles. The number of aromatic nitrogens is 2. The zero-order valence-electron chi connectivity index (χ0n) is 14.0. The summed E-state index contributed by atoms with van der Waals surface area (Å²) in [5, 5.41) is 8.38. The fourth-order valence-electron chi connectivity index (χ4n) is 2.98. The second-order valence-electron chi connectivity index (χ2n) is 5.99. The topological polar surface area (TPSA) is 50.2 Å². The summed E-state index contributed by atoms with van der Waals surface area (Å²) in [7, 11) is 0. The van der Waals surface area contributed by atoms with E-state index in [0.717, 1.165) is 17.9 Å². The van der Waals surface area contributed by atoms with E-state index in [-0.39, 0.29) is 30.4 Å². The highest BCUT2D eigenvalue weighted by molar-refractivity contribution is 6.32. The van der Waals surface area contributed by atoms with Gasteiger partial charge in [0.25, 0.3) is 5.91 Å². The van der Waals surface area contributed by atoms with Gasteiger partial charge in [-0.05, 0) is 32.9 Å². The highest BCUT2D eigenvalue weighted by Gasteiger charge is 2.30. The lowest BCUT2D eigenvalue weighted by Gasteiger charge is -2.38. The Morgan fingerprint density at radius 2 is 2.04 bits per heavy atom. The van der Waals surface area contributed by atoms with Crippen LogP contribution in [0.4, 0.5) is 0 Å². The van der Waals surface area contributed by atoms with Crippen molar-refractivity contribution in [2.45, 2.75) is 32.9 Å². The molecule has 5 nitrogen and oxygen atoms in total. The molecule has 2 heterocycles. The van der Waals surface area contributed by atoms with Crippen molar-refractivity contribution < 1.29 is 4.79 Å². The Bertz CT molecular complexity index is 731. The number of carbonyl (C=O) groups excluding carboxylic acids is 1.